The van der Waals surface area contributed by atoms with Crippen LogP contribution in [-0.2, 0) is 24.6 Å². The molecule has 8 rings (SSSR count). The van der Waals surface area contributed by atoms with Crippen molar-refractivity contribution in [3.63, 3.8) is 0 Å². The second-order valence-electron chi connectivity index (χ2n) is 18.6. The molecule has 2 aliphatic heterocycles. The number of aliphatic hydroxyl groups is 1. The second kappa shape index (κ2) is 20.9. The van der Waals surface area contributed by atoms with Gasteiger partial charge in [0.2, 0.25) is 10.0 Å². The Kier molecular flexibility index (Phi) is 15.4. The summed E-state index contributed by atoms with van der Waals surface area (Å²) in [5.74, 6) is 0.906. The first-order valence-electron chi connectivity index (χ1n) is 23.2. The first-order valence-corrected chi connectivity index (χ1v) is 26.5. The number of anilines is 2. The number of hydrogen-bond donors (Lipinski definition) is 4. The number of aromatic nitrogens is 2. The third-order valence-corrected chi connectivity index (χ3v) is 17.0. The van der Waals surface area contributed by atoms with Crippen molar-refractivity contribution in [2.24, 2.45) is 11.3 Å². The maximum Gasteiger partial charge on any atom is 0.501 e. The van der Waals surface area contributed by atoms with Gasteiger partial charge in [-0.15, -0.1) is 0 Å². The van der Waals surface area contributed by atoms with Crippen molar-refractivity contribution in [2.75, 3.05) is 82.3 Å². The predicted octanol–water partition coefficient (Wildman–Crippen LogP) is 8.83. The first kappa shape index (κ1) is 50.7. The van der Waals surface area contributed by atoms with Crippen LogP contribution in [0.2, 0.25) is 5.02 Å². The fourth-order valence-electron chi connectivity index (χ4n) is 9.28. The van der Waals surface area contributed by atoms with Crippen LogP contribution in [0.1, 0.15) is 63.8 Å². The van der Waals surface area contributed by atoms with E-state index in [1.807, 2.05) is 12.1 Å². The third kappa shape index (κ3) is 11.7. The summed E-state index contributed by atoms with van der Waals surface area (Å²) in [5, 5.41) is 15.8. The molecule has 0 radical (unpaired) electrons. The van der Waals surface area contributed by atoms with Crippen LogP contribution in [0.5, 0.6) is 11.5 Å². The normalized spacial score (nSPS) is 19.6. The van der Waals surface area contributed by atoms with Crippen LogP contribution in [0.4, 0.5) is 24.5 Å². The van der Waals surface area contributed by atoms with E-state index < -0.39 is 47.1 Å². The van der Waals surface area contributed by atoms with Crippen molar-refractivity contribution in [1.82, 2.24) is 24.5 Å². The molecule has 20 heteroatoms. The molecule has 1 unspecified atom stereocenters. The van der Waals surface area contributed by atoms with Gasteiger partial charge in [0.05, 0.1) is 30.0 Å². The number of sulfonamides is 1. The number of rotatable bonds is 17. The Hall–Kier alpha value is -4.73. The number of aliphatic hydroxyl groups excluding tert-OH is 1. The Balaban J connectivity index is 1.02. The number of halogens is 4. The summed E-state index contributed by atoms with van der Waals surface area (Å²) < 4.78 is 109. The highest BCUT2D eigenvalue weighted by atomic mass is 35.5. The van der Waals surface area contributed by atoms with E-state index in [-0.39, 0.29) is 23.3 Å². The molecule has 4 heterocycles. The number of morpholine rings is 1. The number of nitrogens with one attached hydrogen (secondary N) is 3. The molecule has 0 amide bonds. The van der Waals surface area contributed by atoms with Gasteiger partial charge >= 0.3 is 5.51 Å². The molecule has 0 bridgehead atoms. The number of fused-ring (bicyclic) bond motifs is 1. The Bertz CT molecular complexity index is 2870. The van der Waals surface area contributed by atoms with E-state index in [0.717, 1.165) is 62.1 Å². The predicted molar refractivity (Wildman–Crippen MR) is 262 cm³/mol. The zero-order valence-corrected chi connectivity index (χ0v) is 41.2. The van der Waals surface area contributed by atoms with Gasteiger partial charge in [0, 0.05) is 86.3 Å². The highest BCUT2D eigenvalue weighted by Crippen LogP contribution is 2.47. The largest absolute Gasteiger partial charge is 0.501 e. The maximum absolute atomic E-state index is 14.0. The summed E-state index contributed by atoms with van der Waals surface area (Å²) in [4.78, 5) is 12.1. The average Bonchev–Trinajstić information content (AvgIpc) is 3.79. The lowest BCUT2D eigenvalue weighted by Crippen LogP contribution is -2.47. The smallest absolute Gasteiger partial charge is 0.455 e. The average molecular weight is 1010 g/mol. The van der Waals surface area contributed by atoms with Gasteiger partial charge in [-0.2, -0.15) is 17.9 Å². The van der Waals surface area contributed by atoms with Gasteiger partial charge in [-0.3, -0.25) is 9.80 Å². The van der Waals surface area contributed by atoms with Crippen molar-refractivity contribution in [2.45, 2.75) is 68.0 Å². The molecule has 5 aromatic rings. The Labute approximate surface area is 406 Å². The van der Waals surface area contributed by atoms with Crippen LogP contribution < -0.4 is 19.7 Å². The summed E-state index contributed by atoms with van der Waals surface area (Å²) in [7, 11) is -10.9. The lowest BCUT2D eigenvalue weighted by molar-refractivity contribution is -0.0435. The molecule has 69 heavy (non-hydrogen) atoms. The molecule has 3 aliphatic rings. The standard InChI is InChI=1S/C49H59ClF3N7O7S2/c1-33(2)48(3)15-13-41(34-5-7-37(50)8-6-34)36(30-48)32-59-19-21-60(22-20-59)38-9-11-42(44(28-38)67-39-27-35-14-17-55-46(35)56-31-39)47(61)57-69(64,65)40-10-12-43(45(29-40)68(62,63)49(51,52)53)54-16-4-18-58-23-25-66-26-24-58/h5-12,14,17,27-29,31,33,47,54,57,61H,4,13,15-16,18-26,30,32H2,1-3H3,(H,55,56)/t47?,48-/m1/s1. The molecule has 0 saturated carbocycles. The van der Waals surface area contributed by atoms with Gasteiger partial charge in [-0.1, -0.05) is 50.1 Å². The zero-order chi connectivity index (χ0) is 49.1. The Morgan fingerprint density at radius 3 is 2.39 bits per heavy atom. The van der Waals surface area contributed by atoms with Crippen molar-refractivity contribution in [3.05, 3.63) is 107 Å². The highest BCUT2D eigenvalue weighted by molar-refractivity contribution is 7.92. The molecule has 2 fully saturated rings. The molecule has 2 aromatic heterocycles. The molecular weight excluding hydrogens is 955 g/mol. The van der Waals surface area contributed by atoms with E-state index in [0.29, 0.717) is 80.8 Å². The lowest BCUT2D eigenvalue weighted by Gasteiger charge is -2.42. The number of alkyl halides is 3. The summed E-state index contributed by atoms with van der Waals surface area (Å²) >= 11 is 6.27. The number of pyridine rings is 1. The monoisotopic (exact) mass is 1010 g/mol. The van der Waals surface area contributed by atoms with Crippen LogP contribution in [-0.4, -0.2) is 119 Å². The number of benzene rings is 3. The Morgan fingerprint density at radius 2 is 1.68 bits per heavy atom. The number of allylic oxidation sites excluding steroid dienone is 1. The number of piperazine rings is 1. The molecular formula is C49H59ClF3N7O7S2. The van der Waals surface area contributed by atoms with Crippen LogP contribution in [0.3, 0.4) is 0 Å². The molecule has 14 nitrogen and oxygen atoms in total. The minimum Gasteiger partial charge on any atom is -0.455 e. The fourth-order valence-corrected chi connectivity index (χ4v) is 11.5. The maximum atomic E-state index is 14.0. The molecule has 0 spiro atoms. The van der Waals surface area contributed by atoms with Crippen molar-refractivity contribution in [3.8, 4) is 11.5 Å². The highest BCUT2D eigenvalue weighted by Gasteiger charge is 2.48. The fraction of sp³-hybridized carbons (Fsp3) is 0.449. The summed E-state index contributed by atoms with van der Waals surface area (Å²) in [6, 6.07) is 19.0. The summed E-state index contributed by atoms with van der Waals surface area (Å²) in [6.45, 7) is 13.9. The molecule has 2 atom stereocenters. The van der Waals surface area contributed by atoms with Gasteiger partial charge in [0.25, 0.3) is 9.84 Å². The SMILES string of the molecule is CC(C)[C@]1(C)CCC(c2ccc(Cl)cc2)=C(CN2CCN(c3ccc(C(O)NS(=O)(=O)c4ccc(NCCCN5CCOCC5)c(S(=O)(=O)C(F)(F)F)c4)c(Oc4cnc5[nH]ccc5c4)c3)CC2)C1. The van der Waals surface area contributed by atoms with E-state index in [1.54, 1.807) is 30.5 Å². The van der Waals surface area contributed by atoms with Crippen LogP contribution in [0.25, 0.3) is 16.6 Å². The van der Waals surface area contributed by atoms with Crippen molar-refractivity contribution < 1.29 is 44.6 Å². The van der Waals surface area contributed by atoms with E-state index in [9.17, 15) is 35.1 Å². The van der Waals surface area contributed by atoms with E-state index in [1.165, 1.54) is 29.0 Å². The van der Waals surface area contributed by atoms with Gasteiger partial charge < -0.3 is 29.8 Å². The van der Waals surface area contributed by atoms with Gasteiger partial charge in [-0.25, -0.2) is 21.8 Å². The number of ether oxygens (including phenoxy) is 2. The second-order valence-corrected chi connectivity index (χ2v) is 22.7. The Morgan fingerprint density at radius 1 is 0.942 bits per heavy atom. The minimum absolute atomic E-state index is 0.0102. The van der Waals surface area contributed by atoms with Crippen LogP contribution in [0.15, 0.2) is 101 Å². The number of aromatic amines is 1. The quantitative estimate of drug-likeness (QED) is 0.0517. The number of sulfone groups is 1. The minimum atomic E-state index is -6.02. The zero-order valence-electron chi connectivity index (χ0n) is 38.9. The van der Waals surface area contributed by atoms with E-state index >= 15 is 0 Å². The molecule has 2 saturated heterocycles. The van der Waals surface area contributed by atoms with E-state index in [2.05, 4.69) is 67.6 Å². The topological polar surface area (TPSA) is 169 Å². The van der Waals surface area contributed by atoms with Crippen LogP contribution >= 0.6 is 11.6 Å². The van der Waals surface area contributed by atoms with Crippen LogP contribution in [0, 0.1) is 11.3 Å². The van der Waals surface area contributed by atoms with E-state index in [4.69, 9.17) is 21.1 Å². The van der Waals surface area contributed by atoms with Crippen molar-refractivity contribution in [1.29, 1.82) is 0 Å². The molecule has 1 aliphatic carbocycles. The van der Waals surface area contributed by atoms with Gasteiger partial charge in [-0.05, 0) is 109 Å². The number of nitrogens with zero attached hydrogens (tertiary/aromatic N) is 4. The third-order valence-electron chi connectivity index (χ3n) is 13.8. The van der Waals surface area contributed by atoms with Gasteiger partial charge in [0.15, 0.2) is 0 Å². The lowest BCUT2D eigenvalue weighted by atomic mass is 9.66. The first-order chi connectivity index (χ1) is 32.8. The molecule has 4 N–H and O–H groups in total. The molecule has 3 aromatic carbocycles. The van der Waals surface area contributed by atoms with Crippen molar-refractivity contribution >= 4 is 59.4 Å². The summed E-state index contributed by atoms with van der Waals surface area (Å²) in [5.41, 5.74) is -0.557. The molecule has 372 valence electrons. The van der Waals surface area contributed by atoms with Gasteiger partial charge in [0.1, 0.15) is 28.3 Å². The number of H-pyrrole nitrogens is 1. The summed E-state index contributed by atoms with van der Waals surface area (Å²) in [6.07, 6.45) is 4.79. The number of hydrogen-bond acceptors (Lipinski definition) is 12.